The van der Waals surface area contributed by atoms with Crippen molar-refractivity contribution in [1.29, 1.82) is 0 Å². The zero-order chi connectivity index (χ0) is 20.8. The van der Waals surface area contributed by atoms with Crippen molar-refractivity contribution in [3.05, 3.63) is 75.2 Å². The summed E-state index contributed by atoms with van der Waals surface area (Å²) in [5, 5.41) is 11.9. The smallest absolute Gasteiger partial charge is 0.276 e. The van der Waals surface area contributed by atoms with Crippen LogP contribution in [0.4, 0.5) is 11.4 Å². The van der Waals surface area contributed by atoms with E-state index in [0.29, 0.717) is 22.3 Å². The highest BCUT2D eigenvalue weighted by Crippen LogP contribution is 2.35. The van der Waals surface area contributed by atoms with Crippen LogP contribution in [0.15, 0.2) is 64.5 Å². The Morgan fingerprint density at radius 2 is 1.76 bits per heavy atom. The number of para-hydroxylation sites is 2. The molecule has 1 aliphatic rings. The molecule has 2 aromatic carbocycles. The van der Waals surface area contributed by atoms with Crippen LogP contribution in [0.2, 0.25) is 0 Å². The molecule has 0 bridgehead atoms. The number of amidine groups is 1. The van der Waals surface area contributed by atoms with Crippen LogP contribution < -0.4 is 0 Å². The van der Waals surface area contributed by atoms with Gasteiger partial charge in [0.05, 0.1) is 27.7 Å². The number of benzene rings is 2. The molecule has 8 heteroatoms. The fraction of sp³-hybridized carbons (Fsp3) is 0.238. The summed E-state index contributed by atoms with van der Waals surface area (Å²) in [5.74, 6) is -0.199. The zero-order valence-corrected chi connectivity index (χ0v) is 17.1. The molecule has 1 amide bonds. The average Bonchev–Trinajstić information content (AvgIpc) is 3.01. The molecule has 7 nitrogen and oxygen atoms in total. The summed E-state index contributed by atoms with van der Waals surface area (Å²) < 4.78 is 0. The van der Waals surface area contributed by atoms with Gasteiger partial charge in [0, 0.05) is 6.07 Å². The molecule has 0 atom stereocenters. The van der Waals surface area contributed by atoms with E-state index in [0.717, 1.165) is 18.8 Å². The van der Waals surface area contributed by atoms with Crippen LogP contribution in [0.5, 0.6) is 0 Å². The van der Waals surface area contributed by atoms with Gasteiger partial charge in [-0.3, -0.25) is 24.7 Å². The van der Waals surface area contributed by atoms with Crippen LogP contribution >= 0.6 is 11.8 Å². The van der Waals surface area contributed by atoms with Crippen molar-refractivity contribution in [2.75, 3.05) is 19.8 Å². The zero-order valence-electron chi connectivity index (χ0n) is 16.3. The second-order valence-corrected chi connectivity index (χ2v) is 7.34. The largest absolute Gasteiger partial charge is 0.286 e. The van der Waals surface area contributed by atoms with E-state index < -0.39 is 4.92 Å². The Balaban J connectivity index is 2.00. The van der Waals surface area contributed by atoms with Crippen molar-refractivity contribution in [2.45, 2.75) is 13.8 Å². The van der Waals surface area contributed by atoms with Gasteiger partial charge >= 0.3 is 0 Å². The average molecular weight is 410 g/mol. The summed E-state index contributed by atoms with van der Waals surface area (Å²) in [5.41, 5.74) is 1.12. The van der Waals surface area contributed by atoms with Gasteiger partial charge in [-0.15, -0.1) is 0 Å². The summed E-state index contributed by atoms with van der Waals surface area (Å²) in [6.45, 7) is 6.09. The van der Waals surface area contributed by atoms with Crippen molar-refractivity contribution >= 4 is 40.3 Å². The first-order chi connectivity index (χ1) is 14.0. The molecular formula is C21H22N4O3S. The first kappa shape index (κ1) is 20.8. The van der Waals surface area contributed by atoms with Gasteiger partial charge in [0.2, 0.25) is 0 Å². The monoisotopic (exact) mass is 410 g/mol. The third-order valence-corrected chi connectivity index (χ3v) is 5.53. The Morgan fingerprint density at radius 1 is 1.10 bits per heavy atom. The number of nitro benzene ring substituents is 1. The van der Waals surface area contributed by atoms with Crippen molar-refractivity contribution in [1.82, 2.24) is 9.80 Å². The highest BCUT2D eigenvalue weighted by molar-refractivity contribution is 8.18. The van der Waals surface area contributed by atoms with Crippen LogP contribution in [-0.4, -0.2) is 45.6 Å². The van der Waals surface area contributed by atoms with Gasteiger partial charge in [0.15, 0.2) is 5.17 Å². The van der Waals surface area contributed by atoms with E-state index in [2.05, 4.69) is 9.89 Å². The van der Waals surface area contributed by atoms with E-state index in [4.69, 9.17) is 0 Å². The molecule has 2 aromatic rings. The molecule has 0 saturated carbocycles. The number of nitro groups is 1. The van der Waals surface area contributed by atoms with E-state index in [1.807, 2.05) is 44.2 Å². The topological polar surface area (TPSA) is 79.0 Å². The van der Waals surface area contributed by atoms with Crippen molar-refractivity contribution in [3.63, 3.8) is 0 Å². The minimum atomic E-state index is -0.441. The number of nitrogens with zero attached hydrogens (tertiary/aromatic N) is 4. The van der Waals surface area contributed by atoms with E-state index >= 15 is 0 Å². The molecule has 1 fully saturated rings. The van der Waals surface area contributed by atoms with Gasteiger partial charge in [-0.2, -0.15) is 0 Å². The number of carbonyl (C=O) groups excluding carboxylic acids is 1. The molecule has 0 aliphatic carbocycles. The molecule has 29 heavy (non-hydrogen) atoms. The lowest BCUT2D eigenvalue weighted by Gasteiger charge is -2.24. The number of rotatable bonds is 7. The van der Waals surface area contributed by atoms with E-state index in [9.17, 15) is 14.9 Å². The SMILES string of the molecule is CCN(CC)CN1C(=O)/C(=C/c2ccccc2[N+](=O)[O-])SC1=Nc1ccccc1. The predicted octanol–water partition coefficient (Wildman–Crippen LogP) is 4.50. The maximum Gasteiger partial charge on any atom is 0.276 e. The molecule has 0 spiro atoms. The van der Waals surface area contributed by atoms with Gasteiger partial charge in [-0.25, -0.2) is 4.99 Å². The molecule has 0 radical (unpaired) electrons. The molecular weight excluding hydrogens is 388 g/mol. The molecule has 0 aromatic heterocycles. The standard InChI is InChI=1S/C21H22N4O3S/c1-3-23(4-2)15-24-20(26)19(14-16-10-8-9-13-18(16)25(27)28)29-21(24)22-17-11-6-5-7-12-17/h5-14H,3-4,15H2,1-2H3/b19-14-,22-21?. The van der Waals surface area contributed by atoms with Gasteiger partial charge in [-0.1, -0.05) is 44.2 Å². The van der Waals surface area contributed by atoms with Crippen LogP contribution in [-0.2, 0) is 4.79 Å². The maximum atomic E-state index is 13.1. The van der Waals surface area contributed by atoms with Crippen molar-refractivity contribution in [3.8, 4) is 0 Å². The number of aliphatic imine (C=N–C) groups is 1. The fourth-order valence-corrected chi connectivity index (χ4v) is 3.85. The van der Waals surface area contributed by atoms with Crippen LogP contribution in [0.3, 0.4) is 0 Å². The Bertz CT molecular complexity index is 955. The highest BCUT2D eigenvalue weighted by atomic mass is 32.2. The second kappa shape index (κ2) is 9.49. The summed E-state index contributed by atoms with van der Waals surface area (Å²) in [6.07, 6.45) is 1.58. The van der Waals surface area contributed by atoms with Gasteiger partial charge in [0.1, 0.15) is 0 Å². The molecule has 0 N–H and O–H groups in total. The van der Waals surface area contributed by atoms with Gasteiger partial charge in [0.25, 0.3) is 11.6 Å². The Labute approximate surface area is 173 Å². The number of carbonyl (C=O) groups is 1. The lowest BCUT2D eigenvalue weighted by molar-refractivity contribution is -0.385. The number of amides is 1. The minimum Gasteiger partial charge on any atom is -0.286 e. The Kier molecular flexibility index (Phi) is 6.79. The maximum absolute atomic E-state index is 13.1. The second-order valence-electron chi connectivity index (χ2n) is 6.33. The molecule has 150 valence electrons. The van der Waals surface area contributed by atoms with Crippen molar-refractivity contribution in [2.24, 2.45) is 4.99 Å². The van der Waals surface area contributed by atoms with E-state index in [1.165, 1.54) is 17.8 Å². The lowest BCUT2D eigenvalue weighted by Crippen LogP contribution is -2.40. The molecule has 1 aliphatic heterocycles. The first-order valence-electron chi connectivity index (χ1n) is 9.34. The molecule has 0 unspecified atom stereocenters. The number of hydrogen-bond donors (Lipinski definition) is 0. The Morgan fingerprint density at radius 3 is 2.41 bits per heavy atom. The van der Waals surface area contributed by atoms with Crippen LogP contribution in [0, 0.1) is 10.1 Å². The normalized spacial score (nSPS) is 16.9. The van der Waals surface area contributed by atoms with Crippen LogP contribution in [0.25, 0.3) is 6.08 Å². The first-order valence-corrected chi connectivity index (χ1v) is 10.2. The van der Waals surface area contributed by atoms with Gasteiger partial charge in [-0.05, 0) is 49.1 Å². The van der Waals surface area contributed by atoms with Crippen molar-refractivity contribution < 1.29 is 9.72 Å². The lowest BCUT2D eigenvalue weighted by atomic mass is 10.1. The molecule has 3 rings (SSSR count). The van der Waals surface area contributed by atoms with Gasteiger partial charge < -0.3 is 0 Å². The summed E-state index contributed by atoms with van der Waals surface area (Å²) >= 11 is 1.24. The summed E-state index contributed by atoms with van der Waals surface area (Å²) in [6, 6.07) is 15.8. The van der Waals surface area contributed by atoms with Crippen LogP contribution in [0.1, 0.15) is 19.4 Å². The third kappa shape index (κ3) is 4.90. The van der Waals surface area contributed by atoms with E-state index in [1.54, 1.807) is 29.2 Å². The summed E-state index contributed by atoms with van der Waals surface area (Å²) in [4.78, 5) is 32.8. The van der Waals surface area contributed by atoms with E-state index in [-0.39, 0.29) is 11.6 Å². The Hall–Kier alpha value is -2.97. The quantitative estimate of drug-likeness (QED) is 0.381. The minimum absolute atomic E-state index is 0.0304. The number of hydrogen-bond acceptors (Lipinski definition) is 6. The molecule has 1 heterocycles. The third-order valence-electron chi connectivity index (χ3n) is 4.52. The highest BCUT2D eigenvalue weighted by Gasteiger charge is 2.34. The molecule has 1 saturated heterocycles. The number of thioether (sulfide) groups is 1. The predicted molar refractivity (Wildman–Crippen MR) is 117 cm³/mol. The fourth-order valence-electron chi connectivity index (χ4n) is 2.87. The summed E-state index contributed by atoms with van der Waals surface area (Å²) in [7, 11) is 0.